The van der Waals surface area contributed by atoms with Gasteiger partial charge in [0.1, 0.15) is 6.54 Å². The zero-order valence-electron chi connectivity index (χ0n) is 15.9. The number of unbranched alkanes of at least 4 members (excludes halogenated alkanes) is 1. The third-order valence-electron chi connectivity index (χ3n) is 5.36. The van der Waals surface area contributed by atoms with Crippen molar-refractivity contribution in [2.24, 2.45) is 0 Å². The van der Waals surface area contributed by atoms with Crippen molar-refractivity contribution in [3.05, 3.63) is 40.6 Å². The molecule has 1 saturated heterocycles. The van der Waals surface area contributed by atoms with E-state index in [1.165, 1.54) is 37.8 Å². The fourth-order valence-electron chi connectivity index (χ4n) is 3.83. The number of carbonyl (C=O) groups is 1. The fourth-order valence-corrected chi connectivity index (χ4v) is 3.83. The first-order valence-corrected chi connectivity index (χ1v) is 9.82. The second-order valence-corrected chi connectivity index (χ2v) is 7.29. The Morgan fingerprint density at radius 2 is 2.19 bits per heavy atom. The predicted octanol–water partition coefficient (Wildman–Crippen LogP) is 3.32. The van der Waals surface area contributed by atoms with Crippen molar-refractivity contribution in [2.45, 2.75) is 51.6 Å². The smallest absolute Gasteiger partial charge is 0.270 e. The number of hydrogen-bond acceptors (Lipinski definition) is 4. The van der Waals surface area contributed by atoms with Crippen LogP contribution in [0, 0.1) is 10.1 Å². The van der Waals surface area contributed by atoms with Crippen LogP contribution >= 0.6 is 0 Å². The average Bonchev–Trinajstić information content (AvgIpc) is 3.07. The van der Waals surface area contributed by atoms with E-state index in [1.807, 2.05) is 16.8 Å². The number of rotatable bonds is 8. The summed E-state index contributed by atoms with van der Waals surface area (Å²) in [7, 11) is 0. The molecule has 7 nitrogen and oxygen atoms in total. The van der Waals surface area contributed by atoms with Gasteiger partial charge in [-0.15, -0.1) is 0 Å². The van der Waals surface area contributed by atoms with Crippen LogP contribution in [-0.2, 0) is 11.3 Å². The molecule has 1 aromatic carbocycles. The van der Waals surface area contributed by atoms with Gasteiger partial charge in [-0.1, -0.05) is 19.8 Å². The molecule has 0 spiro atoms. The predicted molar refractivity (Wildman–Crippen MR) is 106 cm³/mol. The number of nitro benzene ring substituents is 1. The van der Waals surface area contributed by atoms with E-state index in [4.69, 9.17) is 0 Å². The summed E-state index contributed by atoms with van der Waals surface area (Å²) in [5, 5.41) is 14.7. The third kappa shape index (κ3) is 4.86. The molecule has 1 aliphatic heterocycles. The van der Waals surface area contributed by atoms with E-state index >= 15 is 0 Å². The van der Waals surface area contributed by atoms with Crippen molar-refractivity contribution in [1.29, 1.82) is 0 Å². The van der Waals surface area contributed by atoms with E-state index in [-0.39, 0.29) is 18.1 Å². The first-order valence-electron chi connectivity index (χ1n) is 9.82. The molecule has 1 N–H and O–H groups in total. The monoisotopic (exact) mass is 372 g/mol. The second kappa shape index (κ2) is 8.99. The SMILES string of the molecule is CCCCN1CCCCC1CNC(=O)Cn1ccc2cc([N+](=O)[O-])ccc21. The van der Waals surface area contributed by atoms with Crippen LogP contribution in [0.3, 0.4) is 0 Å². The van der Waals surface area contributed by atoms with Crippen molar-refractivity contribution in [3.8, 4) is 0 Å². The normalized spacial score (nSPS) is 17.9. The molecule has 1 amide bonds. The van der Waals surface area contributed by atoms with Gasteiger partial charge in [-0.2, -0.15) is 0 Å². The highest BCUT2D eigenvalue weighted by atomic mass is 16.6. The Balaban J connectivity index is 1.57. The minimum Gasteiger partial charge on any atom is -0.353 e. The van der Waals surface area contributed by atoms with Crippen molar-refractivity contribution in [3.63, 3.8) is 0 Å². The van der Waals surface area contributed by atoms with Crippen molar-refractivity contribution in [2.75, 3.05) is 19.6 Å². The Morgan fingerprint density at radius 3 is 2.96 bits per heavy atom. The highest BCUT2D eigenvalue weighted by Gasteiger charge is 2.22. The summed E-state index contributed by atoms with van der Waals surface area (Å²) in [6.07, 6.45) is 7.81. The molecule has 27 heavy (non-hydrogen) atoms. The van der Waals surface area contributed by atoms with Gasteiger partial charge in [0.25, 0.3) is 5.69 Å². The number of amides is 1. The van der Waals surface area contributed by atoms with Gasteiger partial charge in [-0.3, -0.25) is 19.8 Å². The van der Waals surface area contributed by atoms with Gasteiger partial charge >= 0.3 is 0 Å². The molecule has 146 valence electrons. The van der Waals surface area contributed by atoms with Gasteiger partial charge in [0.05, 0.1) is 4.92 Å². The number of non-ortho nitro benzene ring substituents is 1. The van der Waals surface area contributed by atoms with Crippen LogP contribution < -0.4 is 5.32 Å². The van der Waals surface area contributed by atoms with E-state index in [9.17, 15) is 14.9 Å². The zero-order valence-corrected chi connectivity index (χ0v) is 15.9. The largest absolute Gasteiger partial charge is 0.353 e. The van der Waals surface area contributed by atoms with Crippen LogP contribution in [0.5, 0.6) is 0 Å². The molecule has 1 aliphatic rings. The van der Waals surface area contributed by atoms with Crippen LogP contribution in [-0.4, -0.2) is 46.0 Å². The number of fused-ring (bicyclic) bond motifs is 1. The topological polar surface area (TPSA) is 80.4 Å². The maximum absolute atomic E-state index is 12.4. The number of aromatic nitrogens is 1. The summed E-state index contributed by atoms with van der Waals surface area (Å²) in [6.45, 7) is 5.35. The lowest BCUT2D eigenvalue weighted by atomic mass is 10.0. The molecule has 0 bridgehead atoms. The lowest BCUT2D eigenvalue weighted by molar-refractivity contribution is -0.384. The summed E-state index contributed by atoms with van der Waals surface area (Å²) in [4.78, 5) is 25.4. The molecule has 2 aromatic rings. The number of nitrogens with zero attached hydrogens (tertiary/aromatic N) is 3. The van der Waals surface area contributed by atoms with E-state index in [0.717, 1.165) is 30.4 Å². The number of nitro groups is 1. The van der Waals surface area contributed by atoms with Crippen LogP contribution in [0.2, 0.25) is 0 Å². The quantitative estimate of drug-likeness (QED) is 0.569. The molecular formula is C20H28N4O3. The number of nitrogens with one attached hydrogen (secondary N) is 1. The van der Waals surface area contributed by atoms with Crippen molar-refractivity contribution >= 4 is 22.5 Å². The number of likely N-dealkylation sites (tertiary alicyclic amines) is 1. The van der Waals surface area contributed by atoms with E-state index in [1.54, 1.807) is 6.07 Å². The molecule has 7 heteroatoms. The van der Waals surface area contributed by atoms with E-state index < -0.39 is 4.92 Å². The second-order valence-electron chi connectivity index (χ2n) is 7.29. The van der Waals surface area contributed by atoms with Crippen LogP contribution in [0.15, 0.2) is 30.5 Å². The van der Waals surface area contributed by atoms with Gasteiger partial charge in [-0.05, 0) is 44.5 Å². The molecule has 2 heterocycles. The van der Waals surface area contributed by atoms with Gasteiger partial charge in [0.15, 0.2) is 0 Å². The Kier molecular flexibility index (Phi) is 6.45. The minimum atomic E-state index is -0.405. The Bertz CT molecular complexity index is 802. The zero-order chi connectivity index (χ0) is 19.2. The number of benzene rings is 1. The van der Waals surface area contributed by atoms with Gasteiger partial charge in [0, 0.05) is 41.8 Å². The van der Waals surface area contributed by atoms with Crippen LogP contribution in [0.25, 0.3) is 10.9 Å². The first-order chi connectivity index (χ1) is 13.1. The molecule has 1 aromatic heterocycles. The lowest BCUT2D eigenvalue weighted by Crippen LogP contribution is -2.47. The Labute approximate surface area is 159 Å². The van der Waals surface area contributed by atoms with E-state index in [0.29, 0.717) is 12.6 Å². The lowest BCUT2D eigenvalue weighted by Gasteiger charge is -2.35. The van der Waals surface area contributed by atoms with Crippen LogP contribution in [0.4, 0.5) is 5.69 Å². The number of piperidine rings is 1. The summed E-state index contributed by atoms with van der Waals surface area (Å²) < 4.78 is 1.84. The molecule has 1 atom stereocenters. The molecule has 1 unspecified atom stereocenters. The number of hydrogen-bond donors (Lipinski definition) is 1. The fraction of sp³-hybridized carbons (Fsp3) is 0.550. The molecule has 3 rings (SSSR count). The van der Waals surface area contributed by atoms with Gasteiger partial charge in [-0.25, -0.2) is 0 Å². The van der Waals surface area contributed by atoms with E-state index in [2.05, 4.69) is 17.1 Å². The maximum atomic E-state index is 12.4. The molecule has 0 aliphatic carbocycles. The first kappa shape index (κ1) is 19.4. The number of carbonyl (C=O) groups excluding carboxylic acids is 1. The molecule has 1 fully saturated rings. The summed E-state index contributed by atoms with van der Waals surface area (Å²) >= 11 is 0. The van der Waals surface area contributed by atoms with Crippen LogP contribution in [0.1, 0.15) is 39.0 Å². The standard InChI is InChI=1S/C20H28N4O3/c1-2-3-10-22-11-5-4-6-18(22)14-21-20(25)15-23-12-9-16-13-17(24(26)27)7-8-19(16)23/h7-9,12-13,18H,2-6,10-11,14-15H2,1H3,(H,21,25). The highest BCUT2D eigenvalue weighted by molar-refractivity contribution is 5.85. The van der Waals surface area contributed by atoms with Crippen molar-refractivity contribution in [1.82, 2.24) is 14.8 Å². The molecular weight excluding hydrogens is 344 g/mol. The maximum Gasteiger partial charge on any atom is 0.270 e. The molecule has 0 radical (unpaired) electrons. The average molecular weight is 372 g/mol. The Hall–Kier alpha value is -2.41. The highest BCUT2D eigenvalue weighted by Crippen LogP contribution is 2.22. The summed E-state index contributed by atoms with van der Waals surface area (Å²) in [5.74, 6) is -0.0214. The third-order valence-corrected chi connectivity index (χ3v) is 5.36. The minimum absolute atomic E-state index is 0.0214. The van der Waals surface area contributed by atoms with Gasteiger partial charge < -0.3 is 9.88 Å². The molecule has 0 saturated carbocycles. The summed E-state index contributed by atoms with van der Waals surface area (Å²) in [6, 6.07) is 6.96. The Morgan fingerprint density at radius 1 is 1.33 bits per heavy atom. The van der Waals surface area contributed by atoms with Gasteiger partial charge in [0.2, 0.25) is 5.91 Å². The summed E-state index contributed by atoms with van der Waals surface area (Å²) in [5.41, 5.74) is 0.896. The van der Waals surface area contributed by atoms with Crippen molar-refractivity contribution < 1.29 is 9.72 Å².